The van der Waals surface area contributed by atoms with E-state index in [1.165, 1.54) is 36.6 Å². The molecular formula is C19H26N4OS. The van der Waals surface area contributed by atoms with Crippen LogP contribution >= 0.6 is 11.8 Å². The van der Waals surface area contributed by atoms with Crippen LogP contribution in [-0.2, 0) is 11.3 Å². The van der Waals surface area contributed by atoms with E-state index in [-0.39, 0.29) is 5.91 Å². The van der Waals surface area contributed by atoms with Crippen molar-refractivity contribution in [1.29, 1.82) is 0 Å². The molecule has 1 fully saturated rings. The maximum atomic E-state index is 12.3. The molecule has 1 amide bonds. The molecule has 0 spiro atoms. The number of hydrogen-bond acceptors (Lipinski definition) is 4. The molecule has 0 aliphatic heterocycles. The number of nitrogens with one attached hydrogen (secondary N) is 1. The average molecular weight is 359 g/mol. The maximum absolute atomic E-state index is 12.3. The molecule has 1 aliphatic carbocycles. The van der Waals surface area contributed by atoms with Crippen molar-refractivity contribution < 1.29 is 4.79 Å². The third kappa shape index (κ3) is 4.84. The molecule has 1 aromatic heterocycles. The van der Waals surface area contributed by atoms with Gasteiger partial charge in [0.2, 0.25) is 5.91 Å². The number of nitrogens with zero attached hydrogens (tertiary/aromatic N) is 3. The number of carbonyl (C=O) groups is 1. The SMILES string of the molecule is Cc1nnc(SCC(=O)NC2CCCCC2C)n1Cc1ccccc1. The molecule has 0 radical (unpaired) electrons. The molecule has 6 heteroatoms. The van der Waals surface area contributed by atoms with Gasteiger partial charge in [0.25, 0.3) is 0 Å². The minimum absolute atomic E-state index is 0.0932. The van der Waals surface area contributed by atoms with Gasteiger partial charge in [-0.1, -0.05) is 61.9 Å². The molecule has 2 aromatic rings. The topological polar surface area (TPSA) is 59.8 Å². The highest BCUT2D eigenvalue weighted by atomic mass is 32.2. The van der Waals surface area contributed by atoms with Gasteiger partial charge in [0.1, 0.15) is 5.82 Å². The minimum Gasteiger partial charge on any atom is -0.352 e. The van der Waals surface area contributed by atoms with E-state index in [2.05, 4.69) is 39.1 Å². The van der Waals surface area contributed by atoms with Gasteiger partial charge in [-0.15, -0.1) is 10.2 Å². The van der Waals surface area contributed by atoms with E-state index in [0.717, 1.165) is 23.9 Å². The Labute approximate surface area is 153 Å². The molecule has 25 heavy (non-hydrogen) atoms. The Hall–Kier alpha value is -1.82. The molecule has 1 aromatic carbocycles. The van der Waals surface area contributed by atoms with Crippen molar-refractivity contribution in [2.45, 2.75) is 57.3 Å². The molecule has 1 saturated carbocycles. The van der Waals surface area contributed by atoms with Crippen molar-refractivity contribution in [1.82, 2.24) is 20.1 Å². The van der Waals surface area contributed by atoms with Gasteiger partial charge in [0, 0.05) is 6.04 Å². The summed E-state index contributed by atoms with van der Waals surface area (Å²) in [5, 5.41) is 12.4. The van der Waals surface area contributed by atoms with Crippen molar-refractivity contribution in [3.05, 3.63) is 41.7 Å². The first-order valence-corrected chi connectivity index (χ1v) is 9.98. The summed E-state index contributed by atoms with van der Waals surface area (Å²) in [5.74, 6) is 1.92. The summed E-state index contributed by atoms with van der Waals surface area (Å²) in [4.78, 5) is 12.3. The number of hydrogen-bond donors (Lipinski definition) is 1. The Morgan fingerprint density at radius 3 is 2.76 bits per heavy atom. The van der Waals surface area contributed by atoms with E-state index in [9.17, 15) is 4.79 Å². The van der Waals surface area contributed by atoms with Gasteiger partial charge < -0.3 is 9.88 Å². The molecule has 1 N–H and O–H groups in total. The van der Waals surface area contributed by atoms with Crippen molar-refractivity contribution in [2.24, 2.45) is 5.92 Å². The number of aromatic nitrogens is 3. The lowest BCUT2D eigenvalue weighted by Gasteiger charge is -2.29. The summed E-state index contributed by atoms with van der Waals surface area (Å²) in [6.45, 7) is 4.91. The second kappa shape index (κ2) is 8.52. The minimum atomic E-state index is 0.0932. The summed E-state index contributed by atoms with van der Waals surface area (Å²) in [6, 6.07) is 10.6. The standard InChI is InChI=1S/C19H26N4OS/c1-14-8-6-7-11-17(14)20-18(24)13-25-19-22-21-15(2)23(19)12-16-9-4-3-5-10-16/h3-5,9-10,14,17H,6-8,11-13H2,1-2H3,(H,20,24). The van der Waals surface area contributed by atoms with E-state index in [1.54, 1.807) is 0 Å². The van der Waals surface area contributed by atoms with Crippen molar-refractivity contribution >= 4 is 17.7 Å². The summed E-state index contributed by atoms with van der Waals surface area (Å²) in [7, 11) is 0. The normalized spacial score (nSPS) is 20.4. The Kier molecular flexibility index (Phi) is 6.13. The van der Waals surface area contributed by atoms with Gasteiger partial charge in [0.15, 0.2) is 5.16 Å². The Morgan fingerprint density at radius 1 is 1.24 bits per heavy atom. The first-order chi connectivity index (χ1) is 12.1. The molecule has 5 nitrogen and oxygen atoms in total. The van der Waals surface area contributed by atoms with Crippen molar-refractivity contribution in [3.8, 4) is 0 Å². The Bertz CT molecular complexity index is 701. The van der Waals surface area contributed by atoms with Crippen LogP contribution in [0.15, 0.2) is 35.5 Å². The number of rotatable bonds is 6. The van der Waals surface area contributed by atoms with Crippen LogP contribution in [0, 0.1) is 12.8 Å². The molecule has 2 unspecified atom stereocenters. The summed E-state index contributed by atoms with van der Waals surface area (Å²) in [5.41, 5.74) is 1.20. The monoisotopic (exact) mass is 358 g/mol. The average Bonchev–Trinajstić information content (AvgIpc) is 2.96. The lowest BCUT2D eigenvalue weighted by atomic mass is 9.86. The summed E-state index contributed by atoms with van der Waals surface area (Å²) in [6.07, 6.45) is 4.81. The van der Waals surface area contributed by atoms with Crippen molar-refractivity contribution in [3.63, 3.8) is 0 Å². The highest BCUT2D eigenvalue weighted by molar-refractivity contribution is 7.99. The summed E-state index contributed by atoms with van der Waals surface area (Å²) >= 11 is 1.46. The third-order valence-corrected chi connectivity index (χ3v) is 5.84. The predicted molar refractivity (Wildman–Crippen MR) is 101 cm³/mol. The number of thioether (sulfide) groups is 1. The zero-order valence-corrected chi connectivity index (χ0v) is 15.8. The first kappa shape index (κ1) is 18.0. The number of amides is 1. The smallest absolute Gasteiger partial charge is 0.230 e. The van der Waals surface area contributed by atoms with Crippen molar-refractivity contribution in [2.75, 3.05) is 5.75 Å². The van der Waals surface area contributed by atoms with Gasteiger partial charge in [-0.25, -0.2) is 0 Å². The molecule has 0 saturated heterocycles. The highest BCUT2D eigenvalue weighted by Gasteiger charge is 2.23. The zero-order valence-electron chi connectivity index (χ0n) is 14.9. The quantitative estimate of drug-likeness (QED) is 0.804. The maximum Gasteiger partial charge on any atom is 0.230 e. The lowest BCUT2D eigenvalue weighted by molar-refractivity contribution is -0.119. The van der Waals surface area contributed by atoms with Gasteiger partial charge >= 0.3 is 0 Å². The van der Waals surface area contributed by atoms with Gasteiger partial charge in [-0.2, -0.15) is 0 Å². The second-order valence-electron chi connectivity index (χ2n) is 6.83. The first-order valence-electron chi connectivity index (χ1n) is 8.99. The molecule has 2 atom stereocenters. The second-order valence-corrected chi connectivity index (χ2v) is 7.77. The summed E-state index contributed by atoms with van der Waals surface area (Å²) < 4.78 is 2.07. The van der Waals surface area contributed by atoms with Gasteiger partial charge in [0.05, 0.1) is 12.3 Å². The lowest BCUT2D eigenvalue weighted by Crippen LogP contribution is -2.41. The molecule has 0 bridgehead atoms. The highest BCUT2D eigenvalue weighted by Crippen LogP contribution is 2.24. The Morgan fingerprint density at radius 2 is 2.00 bits per heavy atom. The van der Waals surface area contributed by atoms with E-state index in [0.29, 0.717) is 17.7 Å². The molecular weight excluding hydrogens is 332 g/mol. The Balaban J connectivity index is 1.57. The fourth-order valence-electron chi connectivity index (χ4n) is 3.33. The van der Waals surface area contributed by atoms with Crippen LogP contribution in [0.5, 0.6) is 0 Å². The molecule has 1 heterocycles. The molecule has 3 rings (SSSR count). The number of benzene rings is 1. The predicted octanol–water partition coefficient (Wildman–Crippen LogP) is 3.42. The van der Waals surface area contributed by atoms with Crippen LogP contribution in [0.25, 0.3) is 0 Å². The van der Waals surface area contributed by atoms with Crippen LogP contribution in [-0.4, -0.2) is 32.5 Å². The van der Waals surface area contributed by atoms with Crippen LogP contribution in [0.2, 0.25) is 0 Å². The third-order valence-electron chi connectivity index (χ3n) is 4.88. The largest absolute Gasteiger partial charge is 0.352 e. The van der Waals surface area contributed by atoms with Crippen LogP contribution in [0.1, 0.15) is 44.0 Å². The van der Waals surface area contributed by atoms with E-state index in [1.807, 2.05) is 25.1 Å². The number of aryl methyl sites for hydroxylation is 1. The van der Waals surface area contributed by atoms with E-state index < -0.39 is 0 Å². The van der Waals surface area contributed by atoms with Gasteiger partial charge in [-0.3, -0.25) is 4.79 Å². The van der Waals surface area contributed by atoms with Gasteiger partial charge in [-0.05, 0) is 31.2 Å². The zero-order chi connectivity index (χ0) is 17.6. The van der Waals surface area contributed by atoms with E-state index >= 15 is 0 Å². The number of carbonyl (C=O) groups excluding carboxylic acids is 1. The molecule has 134 valence electrons. The van der Waals surface area contributed by atoms with Crippen LogP contribution < -0.4 is 5.32 Å². The van der Waals surface area contributed by atoms with Crippen LogP contribution in [0.3, 0.4) is 0 Å². The molecule has 1 aliphatic rings. The fourth-order valence-corrected chi connectivity index (χ4v) is 4.12. The van der Waals surface area contributed by atoms with E-state index in [4.69, 9.17) is 0 Å². The fraction of sp³-hybridized carbons (Fsp3) is 0.526. The van der Waals surface area contributed by atoms with Crippen LogP contribution in [0.4, 0.5) is 0 Å².